The molecule has 6 nitrogen and oxygen atoms in total. The summed E-state index contributed by atoms with van der Waals surface area (Å²) in [5.41, 5.74) is -1.77. The van der Waals surface area contributed by atoms with Gasteiger partial charge < -0.3 is 9.47 Å². The highest BCUT2D eigenvalue weighted by Gasteiger charge is 2.49. The van der Waals surface area contributed by atoms with Crippen molar-refractivity contribution in [2.45, 2.75) is 110 Å². The first-order valence-corrected chi connectivity index (χ1v) is 10.5. The topological polar surface area (TPSA) is 59.1 Å². The van der Waals surface area contributed by atoms with E-state index in [1.54, 1.807) is 0 Å². The van der Waals surface area contributed by atoms with Gasteiger partial charge in [0.15, 0.2) is 0 Å². The number of hydrogen-bond acceptors (Lipinski definition) is 4. The van der Waals surface area contributed by atoms with Gasteiger partial charge in [0.25, 0.3) is 0 Å². The Hall–Kier alpha value is -1.46. The number of likely N-dealkylation sites (tertiary alicyclic amines) is 2. The molecule has 2 saturated heterocycles. The van der Waals surface area contributed by atoms with Crippen molar-refractivity contribution in [1.82, 2.24) is 9.80 Å². The molecule has 0 N–H and O–H groups in total. The van der Waals surface area contributed by atoms with Crippen molar-refractivity contribution in [3.8, 4) is 0 Å². The molecule has 6 heteroatoms. The smallest absolute Gasteiger partial charge is 0.412 e. The second-order valence-electron chi connectivity index (χ2n) is 9.87. The van der Waals surface area contributed by atoms with Crippen LogP contribution in [0, 0.1) is 0 Å². The molecule has 0 radical (unpaired) electrons. The highest BCUT2D eigenvalue weighted by atomic mass is 16.6. The lowest BCUT2D eigenvalue weighted by Gasteiger charge is -2.49. The van der Waals surface area contributed by atoms with Gasteiger partial charge in [0.2, 0.25) is 0 Å². The van der Waals surface area contributed by atoms with E-state index < -0.39 is 16.9 Å². The number of ether oxygens (including phenoxy) is 2. The second kappa shape index (κ2) is 8.27. The van der Waals surface area contributed by atoms with Gasteiger partial charge in [-0.1, -0.05) is 12.8 Å². The Balaban J connectivity index is 2.40. The van der Waals surface area contributed by atoms with Gasteiger partial charge >= 0.3 is 12.2 Å². The summed E-state index contributed by atoms with van der Waals surface area (Å²) in [6.07, 6.45) is 6.91. The normalized spacial score (nSPS) is 21.4. The average molecular weight is 383 g/mol. The fourth-order valence-electron chi connectivity index (χ4n) is 4.09. The third-order valence-corrected chi connectivity index (χ3v) is 5.15. The van der Waals surface area contributed by atoms with E-state index in [1.165, 1.54) is 0 Å². The number of hydrogen-bond donors (Lipinski definition) is 0. The number of nitrogens with zero attached hydrogens (tertiary/aromatic N) is 2. The molecule has 0 atom stereocenters. The standard InChI is InChI=1S/C21H38N2O4/c1-19(2,3)26-17(24)22-15-11-7-9-13-21(22)14-10-8-12-16-23(21)18(25)27-20(4,5)6/h7-16H2,1-6H3. The van der Waals surface area contributed by atoms with Crippen LogP contribution in [0.2, 0.25) is 0 Å². The lowest BCUT2D eigenvalue weighted by molar-refractivity contribution is -0.0750. The summed E-state index contributed by atoms with van der Waals surface area (Å²) in [4.78, 5) is 29.9. The Kier molecular flexibility index (Phi) is 6.69. The quantitative estimate of drug-likeness (QED) is 0.570. The second-order valence-corrected chi connectivity index (χ2v) is 9.87. The highest BCUT2D eigenvalue weighted by molar-refractivity contribution is 5.73. The minimum absolute atomic E-state index is 0.320. The molecule has 0 aromatic heterocycles. The van der Waals surface area contributed by atoms with Crippen LogP contribution in [0.15, 0.2) is 0 Å². The number of rotatable bonds is 0. The molecule has 2 rings (SSSR count). The molecule has 27 heavy (non-hydrogen) atoms. The summed E-state index contributed by atoms with van der Waals surface area (Å²) in [5, 5.41) is 0. The van der Waals surface area contributed by atoms with Crippen LogP contribution in [-0.2, 0) is 9.47 Å². The fourth-order valence-corrected chi connectivity index (χ4v) is 4.09. The van der Waals surface area contributed by atoms with Crippen molar-refractivity contribution in [3.05, 3.63) is 0 Å². The molecular weight excluding hydrogens is 344 g/mol. The first kappa shape index (κ1) is 21.8. The monoisotopic (exact) mass is 382 g/mol. The molecular formula is C21H38N2O4. The Morgan fingerprint density at radius 3 is 1.37 bits per heavy atom. The number of carbonyl (C=O) groups is 2. The van der Waals surface area contributed by atoms with Crippen molar-refractivity contribution in [1.29, 1.82) is 0 Å². The van der Waals surface area contributed by atoms with Crippen LogP contribution in [-0.4, -0.2) is 51.9 Å². The Bertz CT molecular complexity index is 485. The molecule has 2 fully saturated rings. The zero-order valence-electron chi connectivity index (χ0n) is 18.1. The lowest BCUT2D eigenvalue weighted by atomic mass is 9.95. The van der Waals surface area contributed by atoms with Crippen molar-refractivity contribution in [3.63, 3.8) is 0 Å². The van der Waals surface area contributed by atoms with Crippen LogP contribution in [0.1, 0.15) is 92.9 Å². The Morgan fingerprint density at radius 2 is 1.04 bits per heavy atom. The van der Waals surface area contributed by atoms with Gasteiger partial charge in [-0.15, -0.1) is 0 Å². The van der Waals surface area contributed by atoms with Gasteiger partial charge in [-0.25, -0.2) is 9.59 Å². The maximum atomic E-state index is 13.1. The summed E-state index contributed by atoms with van der Waals surface area (Å²) in [5.74, 6) is 0. The predicted octanol–water partition coefficient (Wildman–Crippen LogP) is 5.30. The minimum Gasteiger partial charge on any atom is -0.444 e. The number of carbonyl (C=O) groups excluding carboxylic acids is 2. The van der Waals surface area contributed by atoms with Crippen molar-refractivity contribution < 1.29 is 19.1 Å². The zero-order chi connectivity index (χ0) is 20.3. The van der Waals surface area contributed by atoms with E-state index in [0.29, 0.717) is 13.1 Å². The molecule has 0 aliphatic carbocycles. The SMILES string of the molecule is CC(C)(C)OC(=O)N1CCCCCC12CCCCCN2C(=O)OC(C)(C)C. The van der Waals surface area contributed by atoms with Crippen molar-refractivity contribution in [2.75, 3.05) is 13.1 Å². The van der Waals surface area contributed by atoms with E-state index in [0.717, 1.165) is 51.4 Å². The van der Waals surface area contributed by atoms with E-state index >= 15 is 0 Å². The van der Waals surface area contributed by atoms with Gasteiger partial charge in [-0.05, 0) is 80.1 Å². The fraction of sp³-hybridized carbons (Fsp3) is 0.905. The van der Waals surface area contributed by atoms with Crippen LogP contribution >= 0.6 is 0 Å². The Morgan fingerprint density at radius 1 is 0.667 bits per heavy atom. The summed E-state index contributed by atoms with van der Waals surface area (Å²) in [6.45, 7) is 12.5. The summed E-state index contributed by atoms with van der Waals surface area (Å²) >= 11 is 0. The van der Waals surface area contributed by atoms with Crippen molar-refractivity contribution >= 4 is 12.2 Å². The third kappa shape index (κ3) is 5.76. The zero-order valence-corrected chi connectivity index (χ0v) is 18.1. The molecule has 2 amide bonds. The molecule has 0 bridgehead atoms. The van der Waals surface area contributed by atoms with Crippen LogP contribution in [0.25, 0.3) is 0 Å². The van der Waals surface area contributed by atoms with Crippen LogP contribution in [0.4, 0.5) is 9.59 Å². The average Bonchev–Trinajstić information content (AvgIpc) is 2.83. The van der Waals surface area contributed by atoms with E-state index in [9.17, 15) is 9.59 Å². The van der Waals surface area contributed by atoms with E-state index in [1.807, 2.05) is 51.3 Å². The molecule has 0 aromatic carbocycles. The number of amides is 2. The molecule has 2 aliphatic heterocycles. The largest absolute Gasteiger partial charge is 0.444 e. The molecule has 1 spiro atoms. The highest BCUT2D eigenvalue weighted by Crippen LogP contribution is 2.39. The molecule has 2 aliphatic rings. The molecule has 0 saturated carbocycles. The van der Waals surface area contributed by atoms with Gasteiger partial charge in [0.1, 0.15) is 16.9 Å². The van der Waals surface area contributed by atoms with Gasteiger partial charge in [-0.2, -0.15) is 0 Å². The van der Waals surface area contributed by atoms with Gasteiger partial charge in [0.05, 0.1) is 0 Å². The molecule has 0 unspecified atom stereocenters. The van der Waals surface area contributed by atoms with Crippen LogP contribution < -0.4 is 0 Å². The summed E-state index contributed by atoms with van der Waals surface area (Å²) in [6, 6.07) is 0. The molecule has 0 aromatic rings. The maximum Gasteiger partial charge on any atom is 0.412 e. The molecule has 156 valence electrons. The van der Waals surface area contributed by atoms with Crippen LogP contribution in [0.3, 0.4) is 0 Å². The minimum atomic E-state index is -0.641. The lowest BCUT2D eigenvalue weighted by Crippen LogP contribution is -2.64. The van der Waals surface area contributed by atoms with E-state index in [-0.39, 0.29) is 12.2 Å². The van der Waals surface area contributed by atoms with E-state index in [2.05, 4.69) is 0 Å². The van der Waals surface area contributed by atoms with Gasteiger partial charge in [-0.3, -0.25) is 9.80 Å². The Labute approximate surface area is 164 Å². The first-order chi connectivity index (χ1) is 12.4. The summed E-state index contributed by atoms with van der Waals surface area (Å²) < 4.78 is 11.5. The van der Waals surface area contributed by atoms with Gasteiger partial charge in [0, 0.05) is 13.1 Å². The van der Waals surface area contributed by atoms with Crippen molar-refractivity contribution in [2.24, 2.45) is 0 Å². The first-order valence-electron chi connectivity index (χ1n) is 10.5. The van der Waals surface area contributed by atoms with Crippen LogP contribution in [0.5, 0.6) is 0 Å². The third-order valence-electron chi connectivity index (χ3n) is 5.15. The summed E-state index contributed by atoms with van der Waals surface area (Å²) in [7, 11) is 0. The predicted molar refractivity (Wildman–Crippen MR) is 106 cm³/mol. The van der Waals surface area contributed by atoms with E-state index in [4.69, 9.17) is 9.47 Å². The maximum absolute atomic E-state index is 13.1. The molecule has 2 heterocycles.